The van der Waals surface area contributed by atoms with E-state index in [1.165, 1.54) is 24.5 Å². The number of benzene rings is 1. The van der Waals surface area contributed by atoms with Crippen LogP contribution in [-0.2, 0) is 17.6 Å². The quantitative estimate of drug-likeness (QED) is 0.373. The summed E-state index contributed by atoms with van der Waals surface area (Å²) in [6, 6.07) is 8.60. The van der Waals surface area contributed by atoms with Crippen molar-refractivity contribution in [1.29, 1.82) is 0 Å². The van der Waals surface area contributed by atoms with Crippen molar-refractivity contribution < 1.29 is 22.7 Å². The van der Waals surface area contributed by atoms with Crippen LogP contribution in [0.4, 0.5) is 19.0 Å². The third-order valence-corrected chi connectivity index (χ3v) is 6.41. The van der Waals surface area contributed by atoms with Gasteiger partial charge in [-0.2, -0.15) is 18.3 Å². The molecule has 0 bridgehead atoms. The smallest absolute Gasteiger partial charge is 0.419 e. The molecular formula is C26H24F3N7O2. The maximum absolute atomic E-state index is 14.1. The molecule has 9 nitrogen and oxygen atoms in total. The Morgan fingerprint density at radius 2 is 2.05 bits per heavy atom. The van der Waals surface area contributed by atoms with Crippen molar-refractivity contribution in [1.82, 2.24) is 29.6 Å². The summed E-state index contributed by atoms with van der Waals surface area (Å²) in [6.45, 7) is 4.37. The maximum atomic E-state index is 14.1. The van der Waals surface area contributed by atoms with Crippen LogP contribution < -0.4 is 10.5 Å². The number of amides is 1. The molecule has 0 aliphatic carbocycles. The summed E-state index contributed by atoms with van der Waals surface area (Å²) in [5.74, 6) is -0.433. The first-order chi connectivity index (χ1) is 18.3. The van der Waals surface area contributed by atoms with Crippen molar-refractivity contribution in [2.45, 2.75) is 31.7 Å². The Labute approximate surface area is 215 Å². The fourth-order valence-electron chi connectivity index (χ4n) is 4.60. The minimum atomic E-state index is -4.69. The number of hydrogen-bond acceptors (Lipinski definition) is 7. The SMILES string of the molecule is C=CC(=O)N1CCC[C@@H](n2nc(-c3ccc(OCc4ccccn4)c(C(F)(F)F)c3)c3c(N)ncnc32)C1. The number of carbonyl (C=O) groups is 1. The first-order valence-electron chi connectivity index (χ1n) is 11.9. The van der Waals surface area contributed by atoms with Crippen LogP contribution in [-0.4, -0.2) is 48.6 Å². The summed E-state index contributed by atoms with van der Waals surface area (Å²) in [6.07, 6.45) is 0.817. The van der Waals surface area contributed by atoms with Crippen LogP contribution in [0.3, 0.4) is 0 Å². The van der Waals surface area contributed by atoms with Crippen LogP contribution in [0.1, 0.15) is 30.1 Å². The van der Waals surface area contributed by atoms with E-state index in [0.29, 0.717) is 36.2 Å². The van der Waals surface area contributed by atoms with Crippen molar-refractivity contribution in [3.8, 4) is 17.0 Å². The van der Waals surface area contributed by atoms with E-state index in [9.17, 15) is 18.0 Å². The van der Waals surface area contributed by atoms with Crippen LogP contribution in [0.5, 0.6) is 5.75 Å². The Morgan fingerprint density at radius 1 is 1.21 bits per heavy atom. The van der Waals surface area contributed by atoms with Crippen molar-refractivity contribution in [2.24, 2.45) is 0 Å². The molecule has 12 heteroatoms. The van der Waals surface area contributed by atoms with E-state index in [-0.39, 0.29) is 41.4 Å². The average Bonchev–Trinajstić information content (AvgIpc) is 3.32. The summed E-state index contributed by atoms with van der Waals surface area (Å²) in [5.41, 5.74) is 6.49. The number of fused-ring (bicyclic) bond motifs is 1. The molecule has 0 unspecified atom stereocenters. The van der Waals surface area contributed by atoms with Crippen molar-refractivity contribution in [3.63, 3.8) is 0 Å². The monoisotopic (exact) mass is 523 g/mol. The van der Waals surface area contributed by atoms with Crippen LogP contribution in [0.25, 0.3) is 22.3 Å². The highest BCUT2D eigenvalue weighted by molar-refractivity contribution is 5.98. The van der Waals surface area contributed by atoms with Crippen molar-refractivity contribution in [3.05, 3.63) is 72.8 Å². The standard InChI is InChI=1S/C26H24F3N7O2/c1-2-21(37)35-11-5-7-18(13-35)36-25-22(24(30)32-15-33-25)23(34-36)16-8-9-20(19(12-16)26(27,28)29)38-14-17-6-3-4-10-31-17/h2-4,6,8-10,12,15,18H,1,5,7,11,13-14H2,(H2,30,32,33)/t18-/m1/s1. The van der Waals surface area contributed by atoms with Gasteiger partial charge in [-0.05, 0) is 49.2 Å². The Hall–Kier alpha value is -4.48. The summed E-state index contributed by atoms with van der Waals surface area (Å²) in [4.78, 5) is 26.3. The van der Waals surface area contributed by atoms with Gasteiger partial charge >= 0.3 is 6.18 Å². The van der Waals surface area contributed by atoms with Crippen LogP contribution in [0.15, 0.2) is 61.6 Å². The van der Waals surface area contributed by atoms with Gasteiger partial charge in [-0.25, -0.2) is 14.6 Å². The molecule has 1 aromatic carbocycles. The minimum Gasteiger partial charge on any atom is -0.487 e. The third-order valence-electron chi connectivity index (χ3n) is 6.41. The largest absolute Gasteiger partial charge is 0.487 e. The molecule has 5 rings (SSSR count). The number of nitrogens with zero attached hydrogens (tertiary/aromatic N) is 6. The van der Waals surface area contributed by atoms with Gasteiger partial charge in [0, 0.05) is 24.8 Å². The highest BCUT2D eigenvalue weighted by atomic mass is 19.4. The molecule has 1 amide bonds. The average molecular weight is 524 g/mol. The van der Waals surface area contributed by atoms with E-state index in [4.69, 9.17) is 10.5 Å². The number of hydrogen-bond donors (Lipinski definition) is 1. The predicted octanol–water partition coefficient (Wildman–Crippen LogP) is 4.42. The van der Waals surface area contributed by atoms with Crippen LogP contribution >= 0.6 is 0 Å². The number of rotatable bonds is 6. The molecule has 196 valence electrons. The molecule has 4 heterocycles. The lowest BCUT2D eigenvalue weighted by molar-refractivity contribution is -0.139. The Morgan fingerprint density at radius 3 is 2.79 bits per heavy atom. The van der Waals surface area contributed by atoms with Crippen molar-refractivity contribution in [2.75, 3.05) is 18.8 Å². The molecule has 1 aliphatic rings. The van der Waals surface area contributed by atoms with Gasteiger partial charge in [-0.15, -0.1) is 0 Å². The number of aromatic nitrogens is 5. The topological polar surface area (TPSA) is 112 Å². The number of pyridine rings is 1. The normalized spacial score (nSPS) is 16.0. The highest BCUT2D eigenvalue weighted by Gasteiger charge is 2.36. The molecule has 1 fully saturated rings. The second-order valence-electron chi connectivity index (χ2n) is 8.85. The summed E-state index contributed by atoms with van der Waals surface area (Å²) in [7, 11) is 0. The number of piperidine rings is 1. The number of likely N-dealkylation sites (tertiary alicyclic amines) is 1. The number of anilines is 1. The molecule has 1 atom stereocenters. The zero-order valence-corrected chi connectivity index (χ0v) is 20.2. The fourth-order valence-corrected chi connectivity index (χ4v) is 4.60. The molecule has 38 heavy (non-hydrogen) atoms. The maximum Gasteiger partial charge on any atom is 0.419 e. The zero-order chi connectivity index (χ0) is 26.9. The fraction of sp³-hybridized carbons (Fsp3) is 0.269. The van der Waals surface area contributed by atoms with Crippen molar-refractivity contribution >= 4 is 22.8 Å². The second-order valence-corrected chi connectivity index (χ2v) is 8.85. The first-order valence-corrected chi connectivity index (χ1v) is 11.9. The van der Waals surface area contributed by atoms with E-state index >= 15 is 0 Å². The lowest BCUT2D eigenvalue weighted by atomic mass is 10.0. The second kappa shape index (κ2) is 10.1. The summed E-state index contributed by atoms with van der Waals surface area (Å²) < 4.78 is 49.4. The van der Waals surface area contributed by atoms with Gasteiger partial charge in [0.25, 0.3) is 0 Å². The van der Waals surface area contributed by atoms with E-state index in [0.717, 1.165) is 12.5 Å². The summed E-state index contributed by atoms with van der Waals surface area (Å²) in [5, 5.41) is 5.00. The molecule has 1 aliphatic heterocycles. The van der Waals surface area contributed by atoms with E-state index in [1.807, 2.05) is 0 Å². The molecule has 1 saturated heterocycles. The van der Waals surface area contributed by atoms with Gasteiger partial charge in [-0.1, -0.05) is 12.6 Å². The van der Waals surface area contributed by atoms with Gasteiger partial charge in [0.05, 0.1) is 22.7 Å². The Kier molecular flexibility index (Phi) is 6.70. The molecule has 0 spiro atoms. The number of carbonyl (C=O) groups excluding carboxylic acids is 1. The van der Waals surface area contributed by atoms with Gasteiger partial charge in [-0.3, -0.25) is 9.78 Å². The number of ether oxygens (including phenoxy) is 1. The number of alkyl halides is 3. The van der Waals surface area contributed by atoms with Crippen LogP contribution in [0, 0.1) is 0 Å². The Bertz CT molecular complexity index is 1490. The van der Waals surface area contributed by atoms with Gasteiger partial charge in [0.1, 0.15) is 30.2 Å². The molecular weight excluding hydrogens is 499 g/mol. The first kappa shape index (κ1) is 25.2. The third kappa shape index (κ3) is 4.89. The summed E-state index contributed by atoms with van der Waals surface area (Å²) >= 11 is 0. The number of halogens is 3. The minimum absolute atomic E-state index is 0.0927. The molecule has 4 aromatic rings. The lowest BCUT2D eigenvalue weighted by Gasteiger charge is -2.32. The lowest BCUT2D eigenvalue weighted by Crippen LogP contribution is -2.40. The predicted molar refractivity (Wildman–Crippen MR) is 134 cm³/mol. The van der Waals surface area contributed by atoms with Gasteiger partial charge in [0.15, 0.2) is 5.65 Å². The van der Waals surface area contributed by atoms with Gasteiger partial charge < -0.3 is 15.4 Å². The Balaban J connectivity index is 1.56. The molecule has 0 radical (unpaired) electrons. The van der Waals surface area contributed by atoms with Crippen LogP contribution in [0.2, 0.25) is 0 Å². The molecule has 3 aromatic heterocycles. The molecule has 0 saturated carbocycles. The van der Waals surface area contributed by atoms with E-state index in [2.05, 4.69) is 26.6 Å². The highest BCUT2D eigenvalue weighted by Crippen LogP contribution is 2.41. The van der Waals surface area contributed by atoms with E-state index < -0.39 is 11.7 Å². The van der Waals surface area contributed by atoms with E-state index in [1.54, 1.807) is 34.0 Å². The number of nitrogens with two attached hydrogens (primary N) is 1. The number of nitrogen functional groups attached to an aromatic ring is 1. The zero-order valence-electron chi connectivity index (χ0n) is 20.2. The van der Waals surface area contributed by atoms with Gasteiger partial charge in [0.2, 0.25) is 5.91 Å². The molecule has 2 N–H and O–H groups in total.